The number of pyridine rings is 2. The van der Waals surface area contributed by atoms with E-state index < -0.39 is 5.82 Å². The zero-order chi connectivity index (χ0) is 16.7. The Hall–Kier alpha value is -2.92. The van der Waals surface area contributed by atoms with Gasteiger partial charge in [0.05, 0.1) is 11.4 Å². The predicted octanol–water partition coefficient (Wildman–Crippen LogP) is 4.61. The number of benzene rings is 2. The number of anilines is 2. The van der Waals surface area contributed by atoms with Gasteiger partial charge in [-0.05, 0) is 30.3 Å². The summed E-state index contributed by atoms with van der Waals surface area (Å²) < 4.78 is 14.1. The molecule has 0 saturated heterocycles. The maximum atomic E-state index is 14.1. The van der Waals surface area contributed by atoms with Gasteiger partial charge in [-0.25, -0.2) is 9.37 Å². The highest BCUT2D eigenvalue weighted by atomic mass is 35.5. The van der Waals surface area contributed by atoms with Crippen LogP contribution in [0.15, 0.2) is 59.5 Å². The average molecular weight is 340 g/mol. The van der Waals surface area contributed by atoms with Crippen molar-refractivity contribution in [1.29, 1.82) is 0 Å². The second-order valence-corrected chi connectivity index (χ2v) is 5.77. The SMILES string of the molecule is O=c1[nH]c2nccc(Nc3ccc(Cl)cc3F)c2c2ccccc12. The summed E-state index contributed by atoms with van der Waals surface area (Å²) in [4.78, 5) is 19.1. The molecule has 0 saturated carbocycles. The lowest BCUT2D eigenvalue weighted by atomic mass is 10.1. The maximum Gasteiger partial charge on any atom is 0.257 e. The third-order valence-electron chi connectivity index (χ3n) is 3.82. The van der Waals surface area contributed by atoms with E-state index in [0.29, 0.717) is 27.4 Å². The Bertz CT molecular complexity index is 1140. The highest BCUT2D eigenvalue weighted by Crippen LogP contribution is 2.30. The van der Waals surface area contributed by atoms with Crippen molar-refractivity contribution in [3.8, 4) is 0 Å². The molecule has 6 heteroatoms. The number of aromatic nitrogens is 2. The fourth-order valence-corrected chi connectivity index (χ4v) is 2.90. The van der Waals surface area contributed by atoms with Gasteiger partial charge in [-0.3, -0.25) is 4.79 Å². The molecular weight excluding hydrogens is 329 g/mol. The van der Waals surface area contributed by atoms with E-state index in [1.54, 1.807) is 36.5 Å². The summed E-state index contributed by atoms with van der Waals surface area (Å²) in [6, 6.07) is 13.4. The Morgan fingerprint density at radius 2 is 1.83 bits per heavy atom. The van der Waals surface area contributed by atoms with Gasteiger partial charge in [-0.15, -0.1) is 0 Å². The van der Waals surface area contributed by atoms with Crippen LogP contribution in [-0.2, 0) is 0 Å². The highest BCUT2D eigenvalue weighted by molar-refractivity contribution is 6.30. The van der Waals surface area contributed by atoms with Crippen molar-refractivity contribution >= 4 is 44.8 Å². The molecule has 0 fully saturated rings. The van der Waals surface area contributed by atoms with Crippen molar-refractivity contribution in [3.05, 3.63) is 75.9 Å². The Balaban J connectivity index is 1.99. The number of hydrogen-bond acceptors (Lipinski definition) is 3. The number of rotatable bonds is 2. The zero-order valence-corrected chi connectivity index (χ0v) is 13.1. The van der Waals surface area contributed by atoms with Crippen LogP contribution in [0.3, 0.4) is 0 Å². The molecule has 0 radical (unpaired) electrons. The van der Waals surface area contributed by atoms with Gasteiger partial charge in [0.2, 0.25) is 0 Å². The summed E-state index contributed by atoms with van der Waals surface area (Å²) in [5, 5.41) is 5.41. The van der Waals surface area contributed by atoms with Crippen LogP contribution in [0.25, 0.3) is 21.8 Å². The van der Waals surface area contributed by atoms with Crippen molar-refractivity contribution in [3.63, 3.8) is 0 Å². The smallest absolute Gasteiger partial charge is 0.257 e. The first-order chi connectivity index (χ1) is 11.6. The third-order valence-corrected chi connectivity index (χ3v) is 4.06. The molecule has 0 unspecified atom stereocenters. The molecule has 4 rings (SSSR count). The van der Waals surface area contributed by atoms with E-state index in [9.17, 15) is 9.18 Å². The molecule has 4 aromatic rings. The molecule has 2 aromatic carbocycles. The molecule has 0 spiro atoms. The Morgan fingerprint density at radius 1 is 1.04 bits per heavy atom. The second kappa shape index (κ2) is 5.62. The van der Waals surface area contributed by atoms with Gasteiger partial charge in [-0.1, -0.05) is 29.8 Å². The summed E-state index contributed by atoms with van der Waals surface area (Å²) in [6.45, 7) is 0. The van der Waals surface area contributed by atoms with Gasteiger partial charge in [0, 0.05) is 27.4 Å². The van der Waals surface area contributed by atoms with Gasteiger partial charge in [0.1, 0.15) is 11.5 Å². The quantitative estimate of drug-likeness (QED) is 0.524. The van der Waals surface area contributed by atoms with Gasteiger partial charge < -0.3 is 10.3 Å². The molecule has 24 heavy (non-hydrogen) atoms. The van der Waals surface area contributed by atoms with Crippen LogP contribution < -0.4 is 10.9 Å². The molecule has 2 heterocycles. The number of halogens is 2. The summed E-state index contributed by atoms with van der Waals surface area (Å²) in [6.07, 6.45) is 1.56. The Labute approximate surface area is 140 Å². The van der Waals surface area contributed by atoms with Crippen LogP contribution in [0.2, 0.25) is 5.02 Å². The first-order valence-corrected chi connectivity index (χ1v) is 7.63. The lowest BCUT2D eigenvalue weighted by Gasteiger charge is -2.12. The number of hydrogen-bond donors (Lipinski definition) is 2. The predicted molar refractivity (Wildman–Crippen MR) is 94.6 cm³/mol. The molecule has 0 amide bonds. The van der Waals surface area contributed by atoms with Crippen molar-refractivity contribution in [2.24, 2.45) is 0 Å². The van der Waals surface area contributed by atoms with E-state index in [-0.39, 0.29) is 5.56 Å². The van der Waals surface area contributed by atoms with E-state index in [1.165, 1.54) is 6.07 Å². The van der Waals surface area contributed by atoms with Crippen LogP contribution in [0.4, 0.5) is 15.8 Å². The average Bonchev–Trinajstić information content (AvgIpc) is 2.57. The fraction of sp³-hybridized carbons (Fsp3) is 0. The normalized spacial score (nSPS) is 11.1. The van der Waals surface area contributed by atoms with Gasteiger partial charge >= 0.3 is 0 Å². The lowest BCUT2D eigenvalue weighted by Crippen LogP contribution is -2.08. The van der Waals surface area contributed by atoms with Crippen LogP contribution in [0, 0.1) is 5.82 Å². The molecule has 118 valence electrons. The minimum atomic E-state index is -0.457. The fourth-order valence-electron chi connectivity index (χ4n) is 2.74. The largest absolute Gasteiger partial charge is 0.352 e. The van der Waals surface area contributed by atoms with Crippen molar-refractivity contribution in [2.45, 2.75) is 0 Å². The van der Waals surface area contributed by atoms with Gasteiger partial charge in [0.15, 0.2) is 0 Å². The Kier molecular flexibility index (Phi) is 3.43. The first kappa shape index (κ1) is 14.7. The standard InChI is InChI=1S/C18H11ClFN3O/c19-10-5-6-14(13(20)9-10)22-15-7-8-21-17-16(15)11-3-1-2-4-12(11)18(24)23-17/h1-9H,(H2,21,22,23,24). The molecule has 4 nitrogen and oxygen atoms in total. The number of H-pyrrole nitrogens is 1. The first-order valence-electron chi connectivity index (χ1n) is 7.25. The molecule has 2 N–H and O–H groups in total. The summed E-state index contributed by atoms with van der Waals surface area (Å²) in [5.41, 5.74) is 1.18. The summed E-state index contributed by atoms with van der Waals surface area (Å²) >= 11 is 5.79. The van der Waals surface area contributed by atoms with Crippen LogP contribution in [-0.4, -0.2) is 9.97 Å². The summed E-state index contributed by atoms with van der Waals surface area (Å²) in [5.74, 6) is -0.457. The van der Waals surface area contributed by atoms with Crippen molar-refractivity contribution in [1.82, 2.24) is 9.97 Å². The van der Waals surface area contributed by atoms with E-state index in [2.05, 4.69) is 15.3 Å². The number of nitrogens with zero attached hydrogens (tertiary/aromatic N) is 1. The molecule has 0 atom stereocenters. The minimum absolute atomic E-state index is 0.208. The Morgan fingerprint density at radius 3 is 2.62 bits per heavy atom. The van der Waals surface area contributed by atoms with Gasteiger partial charge in [-0.2, -0.15) is 0 Å². The highest BCUT2D eigenvalue weighted by Gasteiger charge is 2.11. The third kappa shape index (κ3) is 2.39. The van der Waals surface area contributed by atoms with Crippen molar-refractivity contribution in [2.75, 3.05) is 5.32 Å². The topological polar surface area (TPSA) is 57.8 Å². The van der Waals surface area contributed by atoms with Crippen LogP contribution in [0.1, 0.15) is 0 Å². The molecule has 0 aliphatic rings. The molecule has 2 aromatic heterocycles. The minimum Gasteiger partial charge on any atom is -0.352 e. The van der Waals surface area contributed by atoms with E-state index in [4.69, 9.17) is 11.6 Å². The number of aromatic amines is 1. The number of nitrogens with one attached hydrogen (secondary N) is 2. The van der Waals surface area contributed by atoms with E-state index in [1.807, 2.05) is 12.1 Å². The molecular formula is C18H11ClFN3O. The zero-order valence-electron chi connectivity index (χ0n) is 12.3. The summed E-state index contributed by atoms with van der Waals surface area (Å²) in [7, 11) is 0. The number of fused-ring (bicyclic) bond motifs is 3. The molecule has 0 aliphatic heterocycles. The van der Waals surface area contributed by atoms with Crippen LogP contribution >= 0.6 is 11.6 Å². The maximum absolute atomic E-state index is 14.1. The van der Waals surface area contributed by atoms with Crippen LogP contribution in [0.5, 0.6) is 0 Å². The monoisotopic (exact) mass is 339 g/mol. The van der Waals surface area contributed by atoms with E-state index >= 15 is 0 Å². The second-order valence-electron chi connectivity index (χ2n) is 5.33. The van der Waals surface area contributed by atoms with Gasteiger partial charge in [0.25, 0.3) is 5.56 Å². The van der Waals surface area contributed by atoms with Crippen molar-refractivity contribution < 1.29 is 4.39 Å². The molecule has 0 bridgehead atoms. The van der Waals surface area contributed by atoms with E-state index in [0.717, 1.165) is 10.8 Å². The lowest BCUT2D eigenvalue weighted by molar-refractivity contribution is 0.632. The molecule has 0 aliphatic carbocycles.